The van der Waals surface area contributed by atoms with Crippen LogP contribution in [0, 0.1) is 5.41 Å². The minimum Gasteiger partial charge on any atom is -0.352 e. The molecule has 0 aromatic carbocycles. The molecule has 1 spiro atoms. The van der Waals surface area contributed by atoms with Gasteiger partial charge in [0.1, 0.15) is 5.41 Å². The summed E-state index contributed by atoms with van der Waals surface area (Å²) in [6.07, 6.45) is 9.79. The molecule has 25 heavy (non-hydrogen) atoms. The highest BCUT2D eigenvalue weighted by Crippen LogP contribution is 2.48. The highest BCUT2D eigenvalue weighted by molar-refractivity contribution is 6.08. The summed E-state index contributed by atoms with van der Waals surface area (Å²) in [5, 5.41) is 3.19. The topological polar surface area (TPSA) is 67.9 Å². The zero-order valence-electron chi connectivity index (χ0n) is 15.1. The van der Waals surface area contributed by atoms with Crippen LogP contribution < -0.4 is 5.32 Å². The lowest BCUT2D eigenvalue weighted by molar-refractivity contribution is -0.188. The Hall–Kier alpha value is -1.14. The molecule has 6 heteroatoms. The van der Waals surface area contributed by atoms with Gasteiger partial charge < -0.3 is 19.7 Å². The van der Waals surface area contributed by atoms with Crippen LogP contribution in [0.1, 0.15) is 64.2 Å². The number of carbonyl (C=O) groups excluding carboxylic acids is 2. The Bertz CT molecular complexity index is 508. The number of hydrogen-bond donors (Lipinski definition) is 1. The predicted molar refractivity (Wildman–Crippen MR) is 91.7 cm³/mol. The van der Waals surface area contributed by atoms with Crippen molar-refractivity contribution in [3.8, 4) is 0 Å². The third-order valence-corrected chi connectivity index (χ3v) is 6.41. The molecule has 2 aliphatic heterocycles. The van der Waals surface area contributed by atoms with Gasteiger partial charge in [-0.3, -0.25) is 9.59 Å². The van der Waals surface area contributed by atoms with Gasteiger partial charge in [0.25, 0.3) is 0 Å². The average molecular weight is 350 g/mol. The minimum absolute atomic E-state index is 0.0199. The summed E-state index contributed by atoms with van der Waals surface area (Å²) in [5.74, 6) is -0.486. The van der Waals surface area contributed by atoms with Crippen LogP contribution in [0.15, 0.2) is 0 Å². The molecule has 2 saturated heterocycles. The third kappa shape index (κ3) is 3.43. The van der Waals surface area contributed by atoms with Gasteiger partial charge in [-0.1, -0.05) is 25.7 Å². The van der Waals surface area contributed by atoms with Gasteiger partial charge in [0.15, 0.2) is 5.79 Å². The highest BCUT2D eigenvalue weighted by atomic mass is 16.7. The predicted octanol–water partition coefficient (Wildman–Crippen LogP) is 1.97. The fourth-order valence-electron chi connectivity index (χ4n) is 4.55. The molecule has 1 N–H and O–H groups in total. The SMILES string of the molecule is O=C(NC1CCCCCC1)C1(C(=O)N2CCC3(CC2)OCCO3)CC1. The number of nitrogens with one attached hydrogen (secondary N) is 1. The number of carbonyl (C=O) groups is 2. The first-order valence-corrected chi connectivity index (χ1v) is 10.0. The van der Waals surface area contributed by atoms with Crippen molar-refractivity contribution < 1.29 is 19.1 Å². The maximum atomic E-state index is 13.0. The van der Waals surface area contributed by atoms with E-state index < -0.39 is 11.2 Å². The number of likely N-dealkylation sites (tertiary alicyclic amines) is 1. The van der Waals surface area contributed by atoms with E-state index in [0.717, 1.165) is 12.8 Å². The van der Waals surface area contributed by atoms with Crippen LogP contribution in [0.3, 0.4) is 0 Å². The molecule has 2 heterocycles. The summed E-state index contributed by atoms with van der Waals surface area (Å²) in [7, 11) is 0. The molecule has 0 aromatic rings. The molecule has 4 aliphatic rings. The molecule has 2 amide bonds. The second kappa shape index (κ2) is 6.88. The molecule has 2 saturated carbocycles. The average Bonchev–Trinajstić information content (AvgIpc) is 3.38. The number of ether oxygens (including phenoxy) is 2. The molecule has 4 rings (SSSR count). The van der Waals surface area contributed by atoms with Gasteiger partial charge in [-0.05, 0) is 25.7 Å². The maximum absolute atomic E-state index is 13.0. The van der Waals surface area contributed by atoms with Crippen LogP contribution in [-0.2, 0) is 19.1 Å². The molecule has 0 radical (unpaired) electrons. The van der Waals surface area contributed by atoms with E-state index in [4.69, 9.17) is 9.47 Å². The van der Waals surface area contributed by atoms with Crippen molar-refractivity contribution in [1.82, 2.24) is 10.2 Å². The molecule has 0 unspecified atom stereocenters. The van der Waals surface area contributed by atoms with Gasteiger partial charge in [-0.2, -0.15) is 0 Å². The molecule has 4 fully saturated rings. The number of amides is 2. The van der Waals surface area contributed by atoms with Gasteiger partial charge >= 0.3 is 0 Å². The lowest BCUT2D eigenvalue weighted by Gasteiger charge is -2.38. The molecule has 6 nitrogen and oxygen atoms in total. The quantitative estimate of drug-likeness (QED) is 0.624. The van der Waals surface area contributed by atoms with E-state index in [1.54, 1.807) is 0 Å². The van der Waals surface area contributed by atoms with Crippen molar-refractivity contribution >= 4 is 11.8 Å². The van der Waals surface area contributed by atoms with Gasteiger partial charge in [0.05, 0.1) is 13.2 Å². The van der Waals surface area contributed by atoms with Crippen LogP contribution in [0.25, 0.3) is 0 Å². The van der Waals surface area contributed by atoms with Crippen molar-refractivity contribution in [3.05, 3.63) is 0 Å². The lowest BCUT2D eigenvalue weighted by Crippen LogP contribution is -2.52. The van der Waals surface area contributed by atoms with Gasteiger partial charge in [-0.15, -0.1) is 0 Å². The van der Waals surface area contributed by atoms with Crippen LogP contribution in [0.5, 0.6) is 0 Å². The number of nitrogens with zero attached hydrogens (tertiary/aromatic N) is 1. The van der Waals surface area contributed by atoms with Crippen molar-refractivity contribution in [2.24, 2.45) is 5.41 Å². The Balaban J connectivity index is 1.34. The van der Waals surface area contributed by atoms with E-state index in [2.05, 4.69) is 5.32 Å². The van der Waals surface area contributed by atoms with E-state index in [9.17, 15) is 9.59 Å². The number of hydrogen-bond acceptors (Lipinski definition) is 4. The molecule has 0 aromatic heterocycles. The molecular formula is C19H30N2O4. The van der Waals surface area contributed by atoms with E-state index in [-0.39, 0.29) is 17.9 Å². The fraction of sp³-hybridized carbons (Fsp3) is 0.895. The second-order valence-corrected chi connectivity index (χ2v) is 8.14. The molecule has 0 atom stereocenters. The third-order valence-electron chi connectivity index (χ3n) is 6.41. The van der Waals surface area contributed by atoms with E-state index >= 15 is 0 Å². The largest absolute Gasteiger partial charge is 0.352 e. The zero-order chi connectivity index (χ0) is 17.3. The summed E-state index contributed by atoms with van der Waals surface area (Å²) in [6.45, 7) is 2.53. The van der Waals surface area contributed by atoms with Gasteiger partial charge in [0, 0.05) is 32.0 Å². The van der Waals surface area contributed by atoms with Crippen LogP contribution in [-0.4, -0.2) is 54.8 Å². The normalized spacial score (nSPS) is 28.6. The monoisotopic (exact) mass is 350 g/mol. The van der Waals surface area contributed by atoms with Crippen molar-refractivity contribution in [3.63, 3.8) is 0 Å². The van der Waals surface area contributed by atoms with Crippen LogP contribution >= 0.6 is 0 Å². The van der Waals surface area contributed by atoms with Crippen LogP contribution in [0.2, 0.25) is 0 Å². The summed E-state index contributed by atoms with van der Waals surface area (Å²) < 4.78 is 11.5. The number of piperidine rings is 1. The van der Waals surface area contributed by atoms with Crippen molar-refractivity contribution in [2.45, 2.75) is 76.0 Å². The van der Waals surface area contributed by atoms with E-state index in [0.29, 0.717) is 52.0 Å². The Morgan fingerprint density at radius 2 is 1.48 bits per heavy atom. The first kappa shape index (κ1) is 17.3. The highest BCUT2D eigenvalue weighted by Gasteiger charge is 2.59. The van der Waals surface area contributed by atoms with Crippen molar-refractivity contribution in [2.75, 3.05) is 26.3 Å². The summed E-state index contributed by atoms with van der Waals surface area (Å²) in [4.78, 5) is 27.7. The number of rotatable bonds is 3. The molecular weight excluding hydrogens is 320 g/mol. The molecule has 2 aliphatic carbocycles. The Kier molecular flexibility index (Phi) is 4.75. The van der Waals surface area contributed by atoms with Gasteiger partial charge in [-0.25, -0.2) is 0 Å². The van der Waals surface area contributed by atoms with E-state index in [1.807, 2.05) is 4.90 Å². The Morgan fingerprint density at radius 1 is 0.880 bits per heavy atom. The first-order valence-electron chi connectivity index (χ1n) is 10.0. The van der Waals surface area contributed by atoms with Crippen LogP contribution in [0.4, 0.5) is 0 Å². The molecule has 140 valence electrons. The maximum Gasteiger partial charge on any atom is 0.238 e. The summed E-state index contributed by atoms with van der Waals surface area (Å²) in [6, 6.07) is 0.255. The summed E-state index contributed by atoms with van der Waals surface area (Å²) >= 11 is 0. The Morgan fingerprint density at radius 3 is 2.04 bits per heavy atom. The first-order chi connectivity index (χ1) is 12.1. The molecule has 0 bridgehead atoms. The fourth-order valence-corrected chi connectivity index (χ4v) is 4.55. The minimum atomic E-state index is -0.784. The smallest absolute Gasteiger partial charge is 0.238 e. The lowest BCUT2D eigenvalue weighted by atomic mass is 9.98. The van der Waals surface area contributed by atoms with Crippen molar-refractivity contribution in [1.29, 1.82) is 0 Å². The Labute approximate surface area is 149 Å². The standard InChI is InChI=1S/C19H30N2O4/c22-16(20-15-5-3-1-2-4-6-15)18(7-8-18)17(23)21-11-9-19(10-12-21)24-13-14-25-19/h15H,1-14H2,(H,20,22). The zero-order valence-corrected chi connectivity index (χ0v) is 15.1. The van der Waals surface area contributed by atoms with Gasteiger partial charge in [0.2, 0.25) is 11.8 Å². The van der Waals surface area contributed by atoms with E-state index in [1.165, 1.54) is 25.7 Å². The second-order valence-electron chi connectivity index (χ2n) is 8.14. The summed E-state index contributed by atoms with van der Waals surface area (Å²) in [5.41, 5.74) is -0.784.